The van der Waals surface area contributed by atoms with Crippen LogP contribution >= 0.6 is 0 Å². The lowest BCUT2D eigenvalue weighted by Crippen LogP contribution is -2.49. The minimum Gasteiger partial charge on any atom is -0.444 e. The highest BCUT2D eigenvalue weighted by Gasteiger charge is 2.49. The molecule has 1 fully saturated rings. The van der Waals surface area contributed by atoms with Gasteiger partial charge in [-0.25, -0.2) is 4.79 Å². The van der Waals surface area contributed by atoms with E-state index in [0.717, 1.165) is 24.1 Å². The summed E-state index contributed by atoms with van der Waals surface area (Å²) in [5, 5.41) is 17.1. The number of carbonyl (C=O) groups excluding carboxylic acids is 1. The van der Waals surface area contributed by atoms with Crippen LogP contribution in [0.2, 0.25) is 0 Å². The minimum absolute atomic E-state index is 0.102. The first kappa shape index (κ1) is 19.1. The fourth-order valence-corrected chi connectivity index (χ4v) is 3.93. The van der Waals surface area contributed by atoms with Gasteiger partial charge in [0.25, 0.3) is 0 Å². The van der Waals surface area contributed by atoms with Crippen LogP contribution < -0.4 is 10.5 Å². The van der Waals surface area contributed by atoms with Crippen molar-refractivity contribution in [3.05, 3.63) is 22.7 Å². The molecule has 1 aromatic heterocycles. The second kappa shape index (κ2) is 6.80. The lowest BCUT2D eigenvalue weighted by molar-refractivity contribution is 0.0176. The molecule has 3 N–H and O–H groups in total. The van der Waals surface area contributed by atoms with Crippen molar-refractivity contribution in [1.29, 1.82) is 5.26 Å². The molecule has 0 radical (unpaired) electrons. The lowest BCUT2D eigenvalue weighted by Gasteiger charge is -2.43. The van der Waals surface area contributed by atoms with E-state index in [9.17, 15) is 10.1 Å². The standard InChI is InChI=1S/C19H27N5O3/c1-5-6-13-14-16(23-22-13)26-15(21)12(11-20)19(14)7-9-24(10-8-19)17(25)27-18(2,3)4/h5-10,21H2,1-4H3,(H,22,23). The van der Waals surface area contributed by atoms with Gasteiger partial charge in [-0.1, -0.05) is 13.3 Å². The Morgan fingerprint density at radius 2 is 2.11 bits per heavy atom. The zero-order chi connectivity index (χ0) is 19.8. The molecular weight excluding hydrogens is 346 g/mol. The van der Waals surface area contributed by atoms with Crippen LogP contribution in [-0.4, -0.2) is 39.9 Å². The molecule has 2 aliphatic heterocycles. The molecule has 3 rings (SSSR count). The molecule has 0 aliphatic carbocycles. The van der Waals surface area contributed by atoms with Crippen molar-refractivity contribution >= 4 is 6.09 Å². The van der Waals surface area contributed by atoms with E-state index < -0.39 is 11.0 Å². The Hall–Kier alpha value is -2.69. The maximum absolute atomic E-state index is 12.4. The Labute approximate surface area is 159 Å². The smallest absolute Gasteiger partial charge is 0.410 e. The van der Waals surface area contributed by atoms with Crippen LogP contribution in [-0.2, 0) is 16.6 Å². The number of fused-ring (bicyclic) bond motifs is 2. The number of carbonyl (C=O) groups is 1. The number of allylic oxidation sites excluding steroid dienone is 1. The Balaban J connectivity index is 1.92. The molecule has 1 aromatic rings. The van der Waals surface area contributed by atoms with E-state index in [1.807, 2.05) is 20.8 Å². The topological polar surface area (TPSA) is 117 Å². The Morgan fingerprint density at radius 3 is 2.67 bits per heavy atom. The fraction of sp³-hybridized carbons (Fsp3) is 0.632. The molecule has 27 heavy (non-hydrogen) atoms. The number of nitrogens with one attached hydrogen (secondary N) is 1. The number of ether oxygens (including phenoxy) is 2. The van der Waals surface area contributed by atoms with Gasteiger partial charge >= 0.3 is 6.09 Å². The number of nitriles is 1. The van der Waals surface area contributed by atoms with Crippen LogP contribution in [0.3, 0.4) is 0 Å². The summed E-state index contributed by atoms with van der Waals surface area (Å²) in [6, 6.07) is 2.25. The first-order valence-corrected chi connectivity index (χ1v) is 9.35. The molecule has 0 unspecified atom stereocenters. The maximum Gasteiger partial charge on any atom is 0.410 e. The number of nitrogens with zero attached hydrogens (tertiary/aromatic N) is 3. The summed E-state index contributed by atoms with van der Waals surface area (Å²) in [5.74, 6) is 0.547. The zero-order valence-corrected chi connectivity index (χ0v) is 16.4. The number of aryl methyl sites for hydroxylation is 1. The summed E-state index contributed by atoms with van der Waals surface area (Å²) in [7, 11) is 0. The third-order valence-electron chi connectivity index (χ3n) is 5.10. The number of amides is 1. The zero-order valence-electron chi connectivity index (χ0n) is 16.4. The van der Waals surface area contributed by atoms with Gasteiger partial charge in [-0.15, -0.1) is 5.10 Å². The van der Waals surface area contributed by atoms with E-state index in [0.29, 0.717) is 37.4 Å². The van der Waals surface area contributed by atoms with E-state index in [1.165, 1.54) is 0 Å². The van der Waals surface area contributed by atoms with Crippen molar-refractivity contribution in [2.75, 3.05) is 13.1 Å². The molecule has 1 saturated heterocycles. The highest BCUT2D eigenvalue weighted by molar-refractivity contribution is 5.68. The second-order valence-corrected chi connectivity index (χ2v) is 8.13. The minimum atomic E-state index is -0.581. The molecule has 0 atom stereocenters. The third-order valence-corrected chi connectivity index (χ3v) is 5.10. The van der Waals surface area contributed by atoms with Crippen LogP contribution in [0.15, 0.2) is 11.5 Å². The number of aromatic amines is 1. The van der Waals surface area contributed by atoms with E-state index in [-0.39, 0.29) is 12.0 Å². The van der Waals surface area contributed by atoms with E-state index in [2.05, 4.69) is 23.2 Å². The van der Waals surface area contributed by atoms with Crippen molar-refractivity contribution in [3.63, 3.8) is 0 Å². The summed E-state index contributed by atoms with van der Waals surface area (Å²) < 4.78 is 11.1. The van der Waals surface area contributed by atoms with Crippen molar-refractivity contribution in [2.45, 2.75) is 64.4 Å². The predicted octanol–water partition coefficient (Wildman–Crippen LogP) is 2.72. The highest BCUT2D eigenvalue weighted by atomic mass is 16.6. The molecule has 0 saturated carbocycles. The van der Waals surface area contributed by atoms with Crippen LogP contribution in [0, 0.1) is 11.3 Å². The van der Waals surface area contributed by atoms with Gasteiger partial charge in [-0.05, 0) is 40.0 Å². The number of hydrogen-bond donors (Lipinski definition) is 2. The quantitative estimate of drug-likeness (QED) is 0.823. The van der Waals surface area contributed by atoms with Gasteiger partial charge in [-0.2, -0.15) is 5.26 Å². The molecular formula is C19H27N5O3. The van der Waals surface area contributed by atoms with E-state index in [4.69, 9.17) is 15.2 Å². The second-order valence-electron chi connectivity index (χ2n) is 8.13. The van der Waals surface area contributed by atoms with Gasteiger partial charge in [-0.3, -0.25) is 5.10 Å². The monoisotopic (exact) mass is 373 g/mol. The summed E-state index contributed by atoms with van der Waals surface area (Å²) in [6.45, 7) is 8.58. The Bertz CT molecular complexity index is 804. The number of likely N-dealkylation sites (tertiary alicyclic amines) is 1. The highest BCUT2D eigenvalue weighted by Crippen LogP contribution is 2.50. The van der Waals surface area contributed by atoms with E-state index in [1.54, 1.807) is 4.90 Å². The average molecular weight is 373 g/mol. The largest absolute Gasteiger partial charge is 0.444 e. The average Bonchev–Trinajstić information content (AvgIpc) is 2.98. The van der Waals surface area contributed by atoms with Gasteiger partial charge < -0.3 is 20.1 Å². The van der Waals surface area contributed by atoms with Gasteiger partial charge in [0.2, 0.25) is 11.8 Å². The van der Waals surface area contributed by atoms with Gasteiger partial charge in [0.1, 0.15) is 17.2 Å². The van der Waals surface area contributed by atoms with E-state index >= 15 is 0 Å². The summed E-state index contributed by atoms with van der Waals surface area (Å²) in [5.41, 5.74) is 7.24. The molecule has 8 heteroatoms. The van der Waals surface area contributed by atoms with Gasteiger partial charge in [0, 0.05) is 29.8 Å². The van der Waals surface area contributed by atoms with Crippen LogP contribution in [0.25, 0.3) is 0 Å². The molecule has 146 valence electrons. The van der Waals surface area contributed by atoms with Gasteiger partial charge in [0.05, 0.1) is 0 Å². The number of rotatable bonds is 2. The summed E-state index contributed by atoms with van der Waals surface area (Å²) in [6.07, 6.45) is 2.56. The lowest BCUT2D eigenvalue weighted by atomic mass is 9.66. The molecule has 2 aliphatic rings. The van der Waals surface area contributed by atoms with Crippen molar-refractivity contribution < 1.29 is 14.3 Å². The van der Waals surface area contributed by atoms with Crippen molar-refractivity contribution in [1.82, 2.24) is 15.1 Å². The number of nitrogens with two attached hydrogens (primary N) is 1. The normalized spacial score (nSPS) is 18.7. The SMILES string of the molecule is CCCc1[nH]nc2c1C1(CCN(C(=O)OC(C)(C)C)CC1)C(C#N)=C(N)O2. The number of aromatic nitrogens is 2. The van der Waals surface area contributed by atoms with Crippen LogP contribution in [0.5, 0.6) is 5.88 Å². The fourth-order valence-electron chi connectivity index (χ4n) is 3.93. The van der Waals surface area contributed by atoms with Crippen LogP contribution in [0.4, 0.5) is 4.79 Å². The maximum atomic E-state index is 12.4. The van der Waals surface area contributed by atoms with Crippen LogP contribution in [0.1, 0.15) is 58.2 Å². The molecule has 1 spiro atoms. The molecule has 3 heterocycles. The third kappa shape index (κ3) is 3.34. The Kier molecular flexibility index (Phi) is 4.81. The first-order valence-electron chi connectivity index (χ1n) is 9.35. The molecule has 1 amide bonds. The molecule has 8 nitrogen and oxygen atoms in total. The molecule has 0 bridgehead atoms. The van der Waals surface area contributed by atoms with Gasteiger partial charge in [0.15, 0.2) is 0 Å². The number of hydrogen-bond acceptors (Lipinski definition) is 6. The summed E-state index contributed by atoms with van der Waals surface area (Å²) in [4.78, 5) is 14.1. The number of H-pyrrole nitrogens is 1. The molecule has 0 aromatic carbocycles. The van der Waals surface area contributed by atoms with Crippen molar-refractivity contribution in [3.8, 4) is 11.9 Å². The predicted molar refractivity (Wildman–Crippen MR) is 98.8 cm³/mol. The summed E-state index contributed by atoms with van der Waals surface area (Å²) >= 11 is 0. The Morgan fingerprint density at radius 1 is 1.44 bits per heavy atom. The first-order chi connectivity index (χ1) is 12.7. The number of piperidine rings is 1. The van der Waals surface area contributed by atoms with Crippen molar-refractivity contribution in [2.24, 2.45) is 5.73 Å².